The molecule has 1 unspecified atom stereocenters. The zero-order chi connectivity index (χ0) is 70.7. The van der Waals surface area contributed by atoms with Gasteiger partial charge in [-0.25, -0.2) is 4.79 Å². The first kappa shape index (κ1) is 74.0. The molecular weight excluding hydrogens is 1260 g/mol. The number of allylic oxidation sites excluding steroid dienone is 1. The Morgan fingerprint density at radius 1 is 0.630 bits per heavy atom. The molecule has 0 heterocycles. The van der Waals surface area contributed by atoms with Crippen molar-refractivity contribution < 1.29 is 47.8 Å². The second-order valence-corrected chi connectivity index (χ2v) is 29.3. The van der Waals surface area contributed by atoms with Crippen molar-refractivity contribution in [2.45, 2.75) is 181 Å². The van der Waals surface area contributed by atoms with E-state index in [0.29, 0.717) is 55.6 Å². The molecule has 4 aliphatic carbocycles. The van der Waals surface area contributed by atoms with E-state index in [4.69, 9.17) is 18.9 Å². The van der Waals surface area contributed by atoms with Crippen LogP contribution in [-0.4, -0.2) is 79.7 Å². The van der Waals surface area contributed by atoms with Crippen LogP contribution in [0.5, 0.6) is 11.5 Å². The molecule has 0 aromatic heterocycles. The number of unbranched alkanes of at least 4 members (excludes halogenated alkanes) is 1. The SMILES string of the molecule is COc1ccc(C(NCCCC[C@@H](NC(=O)[C@H](Cc2ccccc2)NC(=O)CCC(=O)NCCCO[C@H]2CC[C@@]3(C)C(=CCC4[C@@H]5CC[C@H]([C@H](C)CCCC(C)C)[C@@]5(C)CC[C@@H]43)C2)C(=O)Nc2ccc(COC(=O)Oc3ccc([N+](=O)[O-])cc3)cc2)(c2ccccc2)c2ccccc2)cc1. The van der Waals surface area contributed by atoms with Gasteiger partial charge in [0, 0.05) is 50.2 Å². The summed E-state index contributed by atoms with van der Waals surface area (Å²) in [6, 6.07) is 47.3. The largest absolute Gasteiger partial charge is 0.514 e. The van der Waals surface area contributed by atoms with Crippen LogP contribution >= 0.6 is 0 Å². The average molecular weight is 1360 g/mol. The summed E-state index contributed by atoms with van der Waals surface area (Å²) in [6.07, 6.45) is 17.6. The molecule has 6 aromatic rings. The summed E-state index contributed by atoms with van der Waals surface area (Å²) in [7, 11) is 1.64. The van der Waals surface area contributed by atoms with Gasteiger partial charge in [-0.15, -0.1) is 0 Å². The van der Waals surface area contributed by atoms with Crippen molar-refractivity contribution in [1.29, 1.82) is 0 Å². The number of nitrogens with one attached hydrogen (secondary N) is 5. The number of carbonyl (C=O) groups is 5. The Bertz CT molecular complexity index is 3650. The quantitative estimate of drug-likeness (QED) is 0.00484. The van der Waals surface area contributed by atoms with Crippen molar-refractivity contribution >= 4 is 41.2 Å². The Kier molecular flexibility index (Phi) is 26.0. The number of hydrogen-bond donors (Lipinski definition) is 5. The van der Waals surface area contributed by atoms with Gasteiger partial charge in [0.05, 0.1) is 23.7 Å². The van der Waals surface area contributed by atoms with E-state index in [0.717, 1.165) is 76.4 Å². The molecule has 4 amide bonds. The Morgan fingerprint density at radius 2 is 1.29 bits per heavy atom. The van der Waals surface area contributed by atoms with E-state index < -0.39 is 46.4 Å². The number of nitro benzene ring substituents is 1. The minimum Gasteiger partial charge on any atom is -0.497 e. The number of amides is 4. The molecule has 6 aromatic carbocycles. The van der Waals surface area contributed by atoms with Gasteiger partial charge in [0.25, 0.3) is 5.69 Å². The molecule has 3 saturated carbocycles. The van der Waals surface area contributed by atoms with Crippen molar-refractivity contribution in [3.63, 3.8) is 0 Å². The standard InChI is InChI=1S/C83H104N6O11/c1-57(2)20-18-21-58(3)71-43-44-72-70-42-33-64-55-69(47-49-81(64,4)73(70)48-50-82(71,72)5)98-53-19-51-84-76(90)45-46-77(91)87-75(54-59-22-10-7-11-23-59)79(93)88-74(78(92)86-65-34-29-60(30-35-65)56-99-80(94)100-68-40-36-66(37-41-68)89(95)96)28-16-17-52-85-83(61-24-12-8-13-25-61,62-26-14-9-15-27-62)63-31-38-67(97-6)39-32-63/h7-15,22-27,29-41,57-58,69-75,85H,16-21,28,42-56H2,1-6H3,(H,84,90)(H,86,92)(H,87,91)(H,88,93)/t58-,69+,70?,71-,72+,73+,74-,75+,81+,82-/m1/s1. The molecular formula is C83H104N6O11. The number of rotatable bonds is 34. The fraction of sp³-hybridized carbons (Fsp3) is 0.482. The molecule has 0 aliphatic heterocycles. The van der Waals surface area contributed by atoms with Gasteiger partial charge in [0.1, 0.15) is 30.2 Å². The van der Waals surface area contributed by atoms with Crippen LogP contribution in [0, 0.1) is 56.5 Å². The van der Waals surface area contributed by atoms with Crippen LogP contribution < -0.4 is 36.1 Å². The molecule has 532 valence electrons. The van der Waals surface area contributed by atoms with Crippen molar-refractivity contribution in [2.24, 2.45) is 46.3 Å². The van der Waals surface area contributed by atoms with Crippen molar-refractivity contribution in [3.8, 4) is 11.5 Å². The average Bonchev–Trinajstić information content (AvgIpc) is 1.40. The van der Waals surface area contributed by atoms with Crippen LogP contribution in [0.3, 0.4) is 0 Å². The number of hydrogen-bond acceptors (Lipinski definition) is 12. The van der Waals surface area contributed by atoms with E-state index >= 15 is 0 Å². The topological polar surface area (TPSA) is 226 Å². The Hall–Kier alpha value is -8.67. The summed E-state index contributed by atoms with van der Waals surface area (Å²) in [5.74, 6) is 3.81. The number of nitro groups is 1. The molecule has 0 bridgehead atoms. The Balaban J connectivity index is 0.735. The molecule has 5 N–H and O–H groups in total. The second kappa shape index (κ2) is 35.1. The second-order valence-electron chi connectivity index (χ2n) is 29.3. The smallest absolute Gasteiger partial charge is 0.497 e. The number of benzene rings is 6. The van der Waals surface area contributed by atoms with Crippen LogP contribution in [0.25, 0.3) is 0 Å². The molecule has 10 atom stereocenters. The van der Waals surface area contributed by atoms with Gasteiger partial charge in [0.15, 0.2) is 0 Å². The molecule has 100 heavy (non-hydrogen) atoms. The lowest BCUT2D eigenvalue weighted by molar-refractivity contribution is -0.384. The Morgan fingerprint density at radius 3 is 1.96 bits per heavy atom. The summed E-state index contributed by atoms with van der Waals surface area (Å²) in [4.78, 5) is 79.5. The van der Waals surface area contributed by atoms with E-state index in [1.165, 1.54) is 82.1 Å². The fourth-order valence-corrected chi connectivity index (χ4v) is 17.1. The first-order valence-corrected chi connectivity index (χ1v) is 36.6. The fourth-order valence-electron chi connectivity index (χ4n) is 17.1. The van der Waals surface area contributed by atoms with E-state index in [9.17, 15) is 34.1 Å². The molecule has 10 rings (SSSR count). The lowest BCUT2D eigenvalue weighted by Crippen LogP contribution is -2.53. The van der Waals surface area contributed by atoms with Gasteiger partial charge >= 0.3 is 6.16 Å². The number of fused-ring (bicyclic) bond motifs is 5. The monoisotopic (exact) mass is 1360 g/mol. The zero-order valence-corrected chi connectivity index (χ0v) is 59.4. The first-order chi connectivity index (χ1) is 48.3. The van der Waals surface area contributed by atoms with Crippen molar-refractivity contribution in [1.82, 2.24) is 21.3 Å². The van der Waals surface area contributed by atoms with Gasteiger partial charge in [-0.2, -0.15) is 0 Å². The van der Waals surface area contributed by atoms with E-state index in [1.54, 1.807) is 36.9 Å². The third-order valence-corrected chi connectivity index (χ3v) is 22.5. The number of anilines is 1. The summed E-state index contributed by atoms with van der Waals surface area (Å²) in [6.45, 7) is 13.8. The van der Waals surface area contributed by atoms with Crippen LogP contribution in [0.1, 0.15) is 172 Å². The molecule has 17 heteroatoms. The van der Waals surface area contributed by atoms with Gasteiger partial charge in [-0.05, 0) is 194 Å². The van der Waals surface area contributed by atoms with E-state index in [1.807, 2.05) is 78.9 Å². The summed E-state index contributed by atoms with van der Waals surface area (Å²) >= 11 is 0. The third-order valence-electron chi connectivity index (χ3n) is 22.5. The minimum atomic E-state index is -1.10. The first-order valence-electron chi connectivity index (χ1n) is 36.6. The maximum atomic E-state index is 14.7. The van der Waals surface area contributed by atoms with Gasteiger partial charge in [0.2, 0.25) is 23.6 Å². The normalized spacial score (nSPS) is 21.7. The molecule has 0 radical (unpaired) electrons. The van der Waals surface area contributed by atoms with Crippen molar-refractivity contribution in [3.05, 3.63) is 213 Å². The lowest BCUT2D eigenvalue weighted by atomic mass is 9.47. The minimum absolute atomic E-state index is 0.0737. The van der Waals surface area contributed by atoms with Crippen molar-refractivity contribution in [2.75, 3.05) is 32.1 Å². The maximum Gasteiger partial charge on any atom is 0.514 e. The van der Waals surface area contributed by atoms with E-state index in [2.05, 4.69) is 104 Å². The summed E-state index contributed by atoms with van der Waals surface area (Å²) in [5, 5.41) is 26.8. The third kappa shape index (κ3) is 18.8. The number of carbonyl (C=O) groups excluding carboxylic acids is 5. The lowest BCUT2D eigenvalue weighted by Gasteiger charge is -2.58. The van der Waals surface area contributed by atoms with Gasteiger partial charge in [-0.1, -0.05) is 181 Å². The number of non-ortho nitro benzene ring substituents is 1. The highest BCUT2D eigenvalue weighted by Crippen LogP contribution is 2.67. The molecule has 0 spiro atoms. The predicted molar refractivity (Wildman–Crippen MR) is 390 cm³/mol. The van der Waals surface area contributed by atoms with Crippen LogP contribution in [0.15, 0.2) is 175 Å². The van der Waals surface area contributed by atoms with E-state index in [-0.39, 0.29) is 61.2 Å². The molecule has 3 fully saturated rings. The molecule has 17 nitrogen and oxygen atoms in total. The zero-order valence-electron chi connectivity index (χ0n) is 59.4. The number of methoxy groups -OCH3 is 1. The van der Waals surface area contributed by atoms with Crippen LogP contribution in [0.4, 0.5) is 16.2 Å². The highest BCUT2D eigenvalue weighted by molar-refractivity contribution is 5.98. The Labute approximate surface area is 591 Å². The maximum absolute atomic E-state index is 14.7. The highest BCUT2D eigenvalue weighted by atomic mass is 16.7. The van der Waals surface area contributed by atoms with Gasteiger partial charge in [-0.3, -0.25) is 34.6 Å². The molecule has 0 saturated heterocycles. The van der Waals surface area contributed by atoms with Crippen LogP contribution in [0.2, 0.25) is 0 Å². The highest BCUT2D eigenvalue weighted by Gasteiger charge is 2.59. The summed E-state index contributed by atoms with van der Waals surface area (Å²) in [5.41, 5.74) is 6.22. The molecule has 4 aliphatic rings. The number of ether oxygens (including phenoxy) is 4. The number of nitrogens with zero attached hydrogens (tertiary/aromatic N) is 1. The summed E-state index contributed by atoms with van der Waals surface area (Å²) < 4.78 is 22.6. The predicted octanol–water partition coefficient (Wildman–Crippen LogP) is 15.9. The van der Waals surface area contributed by atoms with Gasteiger partial charge < -0.3 is 40.2 Å². The van der Waals surface area contributed by atoms with Crippen LogP contribution in [-0.2, 0) is 47.2 Å².